The van der Waals surface area contributed by atoms with Gasteiger partial charge in [0.2, 0.25) is 5.91 Å². The summed E-state index contributed by atoms with van der Waals surface area (Å²) >= 11 is 5.75. The highest BCUT2D eigenvalue weighted by Gasteiger charge is 2.18. The molecule has 2 aromatic rings. The van der Waals surface area contributed by atoms with E-state index in [0.717, 1.165) is 6.07 Å². The van der Waals surface area contributed by atoms with Gasteiger partial charge in [-0.05, 0) is 36.4 Å². The number of hydrogen-bond donors (Lipinski definition) is 2. The largest absolute Gasteiger partial charge is 0.452 e. The van der Waals surface area contributed by atoms with Gasteiger partial charge in [-0.25, -0.2) is 9.18 Å². The van der Waals surface area contributed by atoms with Gasteiger partial charge in [0.15, 0.2) is 6.61 Å². The molecule has 2 rings (SSSR count). The number of benzene rings is 2. The second-order valence-corrected chi connectivity index (χ2v) is 5.39. The van der Waals surface area contributed by atoms with E-state index < -0.39 is 29.9 Å². The van der Waals surface area contributed by atoms with Crippen LogP contribution < -0.4 is 10.6 Å². The van der Waals surface area contributed by atoms with Crippen LogP contribution >= 0.6 is 11.6 Å². The smallest absolute Gasteiger partial charge is 0.343 e. The maximum atomic E-state index is 13.6. The van der Waals surface area contributed by atoms with E-state index >= 15 is 0 Å². The van der Waals surface area contributed by atoms with Crippen LogP contribution in [-0.2, 0) is 14.3 Å². The van der Waals surface area contributed by atoms with E-state index in [9.17, 15) is 18.8 Å². The lowest BCUT2D eigenvalue weighted by molar-refractivity contribution is -0.119. The number of hydrogen-bond acceptors (Lipinski definition) is 4. The minimum Gasteiger partial charge on any atom is -0.452 e. The summed E-state index contributed by atoms with van der Waals surface area (Å²) in [4.78, 5) is 34.5. The molecule has 0 saturated carbocycles. The first-order valence-electron chi connectivity index (χ1n) is 7.15. The number of esters is 1. The zero-order chi connectivity index (χ0) is 18.4. The SMILES string of the molecule is CC(=O)Nc1ccc(NC(=O)COC(=O)c2c(F)cccc2Cl)cc1. The van der Waals surface area contributed by atoms with E-state index in [1.54, 1.807) is 24.3 Å². The monoisotopic (exact) mass is 364 g/mol. The van der Waals surface area contributed by atoms with Crippen molar-refractivity contribution in [1.29, 1.82) is 0 Å². The van der Waals surface area contributed by atoms with Crippen LogP contribution in [0.1, 0.15) is 17.3 Å². The van der Waals surface area contributed by atoms with Crippen LogP contribution in [-0.4, -0.2) is 24.4 Å². The lowest BCUT2D eigenvalue weighted by atomic mass is 10.2. The predicted molar refractivity (Wildman–Crippen MR) is 91.1 cm³/mol. The molecule has 0 heterocycles. The average molecular weight is 365 g/mol. The van der Waals surface area contributed by atoms with Crippen LogP contribution in [0.3, 0.4) is 0 Å². The van der Waals surface area contributed by atoms with Crippen molar-refractivity contribution >= 4 is 40.8 Å². The third-order valence-electron chi connectivity index (χ3n) is 2.99. The van der Waals surface area contributed by atoms with Gasteiger partial charge in [0.05, 0.1) is 5.02 Å². The highest BCUT2D eigenvalue weighted by atomic mass is 35.5. The van der Waals surface area contributed by atoms with Gasteiger partial charge in [0.1, 0.15) is 11.4 Å². The van der Waals surface area contributed by atoms with Crippen LogP contribution in [0.4, 0.5) is 15.8 Å². The molecule has 0 saturated heterocycles. The van der Waals surface area contributed by atoms with Crippen LogP contribution in [0.25, 0.3) is 0 Å². The molecule has 0 bridgehead atoms. The number of halogens is 2. The lowest BCUT2D eigenvalue weighted by Gasteiger charge is -2.09. The molecule has 0 spiro atoms. The summed E-state index contributed by atoms with van der Waals surface area (Å²) in [5, 5.41) is 4.99. The molecule has 2 amide bonds. The van der Waals surface area contributed by atoms with Gasteiger partial charge in [-0.15, -0.1) is 0 Å². The van der Waals surface area contributed by atoms with Gasteiger partial charge in [-0.3, -0.25) is 9.59 Å². The summed E-state index contributed by atoms with van der Waals surface area (Å²) in [5.74, 6) is -2.67. The van der Waals surface area contributed by atoms with E-state index in [1.807, 2.05) is 0 Å². The molecule has 0 aromatic heterocycles. The van der Waals surface area contributed by atoms with E-state index in [1.165, 1.54) is 19.1 Å². The number of nitrogens with one attached hydrogen (secondary N) is 2. The van der Waals surface area contributed by atoms with Gasteiger partial charge in [-0.2, -0.15) is 0 Å². The number of ether oxygens (including phenoxy) is 1. The fourth-order valence-electron chi connectivity index (χ4n) is 1.93. The normalized spacial score (nSPS) is 10.0. The molecule has 0 unspecified atom stereocenters. The van der Waals surface area contributed by atoms with Crippen LogP contribution in [0.2, 0.25) is 5.02 Å². The standard InChI is InChI=1S/C17H14ClFN2O4/c1-10(22)20-11-5-7-12(8-6-11)21-15(23)9-25-17(24)16-13(18)3-2-4-14(16)19/h2-8H,9H2,1H3,(H,20,22)(H,21,23). The number of carbonyl (C=O) groups excluding carboxylic acids is 3. The third kappa shape index (κ3) is 5.29. The molecule has 8 heteroatoms. The summed E-state index contributed by atoms with van der Waals surface area (Å²) in [6.07, 6.45) is 0. The minimum atomic E-state index is -1.03. The maximum absolute atomic E-state index is 13.6. The Hall–Kier alpha value is -2.93. The number of amides is 2. The molecule has 2 aromatic carbocycles. The van der Waals surface area contributed by atoms with E-state index in [4.69, 9.17) is 16.3 Å². The fourth-order valence-corrected chi connectivity index (χ4v) is 2.17. The second kappa shape index (κ2) is 8.25. The maximum Gasteiger partial charge on any atom is 0.343 e. The van der Waals surface area contributed by atoms with E-state index in [2.05, 4.69) is 10.6 Å². The fraction of sp³-hybridized carbons (Fsp3) is 0.118. The van der Waals surface area contributed by atoms with E-state index in [0.29, 0.717) is 11.4 Å². The number of carbonyl (C=O) groups is 3. The van der Waals surface area contributed by atoms with Crippen molar-refractivity contribution in [3.8, 4) is 0 Å². The van der Waals surface area contributed by atoms with Gasteiger partial charge < -0.3 is 15.4 Å². The molecule has 0 aliphatic heterocycles. The Labute approximate surface area is 147 Å². The first-order valence-corrected chi connectivity index (χ1v) is 7.53. The molecule has 25 heavy (non-hydrogen) atoms. The highest BCUT2D eigenvalue weighted by molar-refractivity contribution is 6.33. The molecule has 0 aliphatic carbocycles. The Bertz CT molecular complexity index is 789. The molecular formula is C17H14ClFN2O4. The molecule has 0 radical (unpaired) electrons. The summed E-state index contributed by atoms with van der Waals surface area (Å²) < 4.78 is 18.4. The Morgan fingerprint density at radius 3 is 2.20 bits per heavy atom. The van der Waals surface area contributed by atoms with Gasteiger partial charge >= 0.3 is 5.97 Å². The zero-order valence-electron chi connectivity index (χ0n) is 13.1. The van der Waals surface area contributed by atoms with Crippen molar-refractivity contribution in [1.82, 2.24) is 0 Å². The van der Waals surface area contributed by atoms with Crippen molar-refractivity contribution in [2.75, 3.05) is 17.2 Å². The van der Waals surface area contributed by atoms with Gasteiger partial charge in [-0.1, -0.05) is 17.7 Å². The lowest BCUT2D eigenvalue weighted by Crippen LogP contribution is -2.21. The predicted octanol–water partition coefficient (Wildman–Crippen LogP) is 3.23. The first-order chi connectivity index (χ1) is 11.9. The molecule has 0 aliphatic rings. The third-order valence-corrected chi connectivity index (χ3v) is 3.31. The molecule has 2 N–H and O–H groups in total. The molecular weight excluding hydrogens is 351 g/mol. The van der Waals surface area contributed by atoms with E-state index in [-0.39, 0.29) is 10.9 Å². The first kappa shape index (κ1) is 18.4. The van der Waals surface area contributed by atoms with Crippen molar-refractivity contribution < 1.29 is 23.5 Å². The van der Waals surface area contributed by atoms with Gasteiger partial charge in [0.25, 0.3) is 5.91 Å². The van der Waals surface area contributed by atoms with Crippen molar-refractivity contribution in [3.05, 3.63) is 58.9 Å². The minimum absolute atomic E-state index is 0.0982. The summed E-state index contributed by atoms with van der Waals surface area (Å²) in [6.45, 7) is 0.781. The summed E-state index contributed by atoms with van der Waals surface area (Å²) in [6, 6.07) is 10.1. The van der Waals surface area contributed by atoms with Crippen LogP contribution in [0, 0.1) is 5.82 Å². The van der Waals surface area contributed by atoms with Crippen molar-refractivity contribution in [3.63, 3.8) is 0 Å². The highest BCUT2D eigenvalue weighted by Crippen LogP contribution is 2.20. The Morgan fingerprint density at radius 1 is 1.04 bits per heavy atom. The number of anilines is 2. The Kier molecular flexibility index (Phi) is 6.08. The molecule has 0 atom stereocenters. The second-order valence-electron chi connectivity index (χ2n) is 4.98. The molecule has 6 nitrogen and oxygen atoms in total. The van der Waals surface area contributed by atoms with Crippen molar-refractivity contribution in [2.45, 2.75) is 6.92 Å². The van der Waals surface area contributed by atoms with Crippen molar-refractivity contribution in [2.24, 2.45) is 0 Å². The topological polar surface area (TPSA) is 84.5 Å². The molecule has 0 fully saturated rings. The van der Waals surface area contributed by atoms with Gasteiger partial charge in [0, 0.05) is 18.3 Å². The van der Waals surface area contributed by atoms with Crippen LogP contribution in [0.5, 0.6) is 0 Å². The Morgan fingerprint density at radius 2 is 1.64 bits per heavy atom. The number of rotatable bonds is 5. The summed E-state index contributed by atoms with van der Waals surface area (Å²) in [7, 11) is 0. The Balaban J connectivity index is 1.90. The molecule has 130 valence electrons. The zero-order valence-corrected chi connectivity index (χ0v) is 13.9. The quantitative estimate of drug-likeness (QED) is 0.798. The average Bonchev–Trinajstić information content (AvgIpc) is 2.54. The summed E-state index contributed by atoms with van der Waals surface area (Å²) in [5.41, 5.74) is 0.599. The van der Waals surface area contributed by atoms with Crippen LogP contribution in [0.15, 0.2) is 42.5 Å².